The first-order valence-electron chi connectivity index (χ1n) is 7.36. The molecule has 6 nitrogen and oxygen atoms in total. The van der Waals surface area contributed by atoms with E-state index >= 15 is 0 Å². The Hall–Kier alpha value is -1.70. The van der Waals surface area contributed by atoms with E-state index in [1.54, 1.807) is 6.07 Å². The van der Waals surface area contributed by atoms with Gasteiger partial charge in [0.15, 0.2) is 0 Å². The highest BCUT2D eigenvalue weighted by molar-refractivity contribution is 9.10. The predicted octanol–water partition coefficient (Wildman–Crippen LogP) is 3.66. The number of nitro benzene ring substituents is 1. The van der Waals surface area contributed by atoms with Crippen LogP contribution in [-0.2, 0) is 6.54 Å². The lowest BCUT2D eigenvalue weighted by molar-refractivity contribution is -0.384. The molecule has 2 aromatic rings. The van der Waals surface area contributed by atoms with Gasteiger partial charge in [-0.05, 0) is 67.7 Å². The minimum Gasteiger partial charge on any atom is -0.460 e. The fraction of sp³-hybridized carbons (Fsp3) is 0.375. The van der Waals surface area contributed by atoms with Crippen LogP contribution in [0, 0.1) is 10.1 Å². The van der Waals surface area contributed by atoms with Gasteiger partial charge in [-0.2, -0.15) is 0 Å². The van der Waals surface area contributed by atoms with Crippen LogP contribution < -0.4 is 5.32 Å². The number of non-ortho nitro benzene ring substituents is 1. The molecule has 0 aliphatic rings. The number of benzene rings is 1. The maximum absolute atomic E-state index is 10.8. The summed E-state index contributed by atoms with van der Waals surface area (Å²) < 4.78 is 6.45. The van der Waals surface area contributed by atoms with E-state index in [0.29, 0.717) is 16.8 Å². The van der Waals surface area contributed by atoms with Gasteiger partial charge in [0.2, 0.25) is 0 Å². The molecule has 0 saturated heterocycles. The van der Waals surface area contributed by atoms with Gasteiger partial charge in [-0.1, -0.05) is 0 Å². The summed E-state index contributed by atoms with van der Waals surface area (Å²) in [6, 6.07) is 8.44. The molecule has 0 aliphatic heterocycles. The van der Waals surface area contributed by atoms with E-state index in [0.717, 1.165) is 30.8 Å². The maximum atomic E-state index is 10.8. The van der Waals surface area contributed by atoms with E-state index in [4.69, 9.17) is 4.42 Å². The molecule has 0 aliphatic carbocycles. The van der Waals surface area contributed by atoms with Crippen molar-refractivity contribution in [2.75, 3.05) is 27.2 Å². The minimum atomic E-state index is -0.417. The lowest BCUT2D eigenvalue weighted by Gasteiger charge is -2.09. The minimum absolute atomic E-state index is 0.0509. The zero-order valence-corrected chi connectivity index (χ0v) is 14.8. The van der Waals surface area contributed by atoms with Crippen molar-refractivity contribution in [3.63, 3.8) is 0 Å². The molecule has 124 valence electrons. The first-order chi connectivity index (χ1) is 11.0. The molecule has 0 unspecified atom stereocenters. The quantitative estimate of drug-likeness (QED) is 0.429. The molecule has 7 heteroatoms. The van der Waals surface area contributed by atoms with Gasteiger partial charge in [0, 0.05) is 22.2 Å². The van der Waals surface area contributed by atoms with Crippen LogP contribution in [0.5, 0.6) is 0 Å². The average molecular weight is 382 g/mol. The van der Waals surface area contributed by atoms with E-state index in [-0.39, 0.29) is 5.69 Å². The third-order valence-electron chi connectivity index (χ3n) is 3.35. The Morgan fingerprint density at radius 3 is 2.74 bits per heavy atom. The third kappa shape index (κ3) is 5.16. The van der Waals surface area contributed by atoms with E-state index in [2.05, 4.69) is 40.2 Å². The Kier molecular flexibility index (Phi) is 6.32. The number of halogens is 1. The van der Waals surface area contributed by atoms with Crippen molar-refractivity contribution >= 4 is 21.6 Å². The molecular weight excluding hydrogens is 362 g/mol. The van der Waals surface area contributed by atoms with Crippen molar-refractivity contribution in [2.45, 2.75) is 13.0 Å². The molecule has 0 radical (unpaired) electrons. The van der Waals surface area contributed by atoms with Crippen LogP contribution in [0.3, 0.4) is 0 Å². The Morgan fingerprint density at radius 2 is 2.09 bits per heavy atom. The monoisotopic (exact) mass is 381 g/mol. The van der Waals surface area contributed by atoms with Crippen molar-refractivity contribution in [3.05, 3.63) is 50.7 Å². The first kappa shape index (κ1) is 17.7. The van der Waals surface area contributed by atoms with Crippen molar-refractivity contribution in [3.8, 4) is 11.3 Å². The Labute approximate surface area is 143 Å². The van der Waals surface area contributed by atoms with E-state index in [1.807, 2.05) is 12.1 Å². The number of furan rings is 1. The lowest BCUT2D eigenvalue weighted by Crippen LogP contribution is -2.20. The molecule has 0 amide bonds. The molecule has 1 aromatic carbocycles. The molecule has 0 saturated carbocycles. The van der Waals surface area contributed by atoms with Crippen molar-refractivity contribution < 1.29 is 9.34 Å². The molecule has 0 fully saturated rings. The average Bonchev–Trinajstić information content (AvgIpc) is 2.95. The largest absolute Gasteiger partial charge is 0.460 e. The van der Waals surface area contributed by atoms with Crippen LogP contribution in [0.15, 0.2) is 39.2 Å². The summed E-state index contributed by atoms with van der Waals surface area (Å²) in [7, 11) is 4.11. The van der Waals surface area contributed by atoms with E-state index < -0.39 is 4.92 Å². The van der Waals surface area contributed by atoms with Crippen LogP contribution in [0.1, 0.15) is 12.2 Å². The van der Waals surface area contributed by atoms with Gasteiger partial charge in [0.25, 0.3) is 5.69 Å². The number of nitro groups is 1. The molecule has 0 bridgehead atoms. The van der Waals surface area contributed by atoms with Crippen molar-refractivity contribution in [1.29, 1.82) is 0 Å². The van der Waals surface area contributed by atoms with Gasteiger partial charge in [0.1, 0.15) is 11.5 Å². The van der Waals surface area contributed by atoms with E-state index in [9.17, 15) is 10.1 Å². The second-order valence-electron chi connectivity index (χ2n) is 5.52. The number of rotatable bonds is 8. The summed E-state index contributed by atoms with van der Waals surface area (Å²) in [5.74, 6) is 1.53. The third-order valence-corrected chi connectivity index (χ3v) is 4.00. The molecule has 2 rings (SSSR count). The summed E-state index contributed by atoms with van der Waals surface area (Å²) in [6.07, 6.45) is 1.08. The van der Waals surface area contributed by atoms with Gasteiger partial charge in [-0.3, -0.25) is 10.1 Å². The van der Waals surface area contributed by atoms with Gasteiger partial charge in [-0.15, -0.1) is 0 Å². The predicted molar refractivity (Wildman–Crippen MR) is 93.4 cm³/mol. The highest BCUT2D eigenvalue weighted by Crippen LogP contribution is 2.32. The second-order valence-corrected chi connectivity index (χ2v) is 6.38. The Balaban J connectivity index is 1.95. The maximum Gasteiger partial charge on any atom is 0.270 e. The van der Waals surface area contributed by atoms with Crippen LogP contribution in [0.2, 0.25) is 0 Å². The Morgan fingerprint density at radius 1 is 1.30 bits per heavy atom. The normalized spacial score (nSPS) is 11.1. The highest BCUT2D eigenvalue weighted by Gasteiger charge is 2.13. The molecule has 23 heavy (non-hydrogen) atoms. The van der Waals surface area contributed by atoms with Gasteiger partial charge < -0.3 is 14.6 Å². The number of nitrogens with zero attached hydrogens (tertiary/aromatic N) is 2. The fourth-order valence-electron chi connectivity index (χ4n) is 2.17. The molecule has 1 aromatic heterocycles. The summed E-state index contributed by atoms with van der Waals surface area (Å²) in [6.45, 7) is 2.64. The molecule has 0 atom stereocenters. The van der Waals surface area contributed by atoms with E-state index in [1.165, 1.54) is 12.1 Å². The molecule has 0 spiro atoms. The SMILES string of the molecule is CN(C)CCCNCc1ccc(-c2ccc([N+](=O)[O-])cc2Br)o1. The van der Waals surface area contributed by atoms with Crippen LogP contribution >= 0.6 is 15.9 Å². The van der Waals surface area contributed by atoms with Gasteiger partial charge in [0.05, 0.1) is 11.5 Å². The van der Waals surface area contributed by atoms with Crippen molar-refractivity contribution in [2.24, 2.45) is 0 Å². The molecule has 1 heterocycles. The summed E-state index contributed by atoms with van der Waals surface area (Å²) in [4.78, 5) is 12.5. The van der Waals surface area contributed by atoms with Gasteiger partial charge >= 0.3 is 0 Å². The zero-order chi connectivity index (χ0) is 16.8. The zero-order valence-electron chi connectivity index (χ0n) is 13.2. The van der Waals surface area contributed by atoms with Crippen LogP contribution in [0.4, 0.5) is 5.69 Å². The fourth-order valence-corrected chi connectivity index (χ4v) is 2.73. The standard InChI is InChI=1S/C16H20BrN3O3/c1-19(2)9-3-8-18-11-13-5-7-16(23-13)14-6-4-12(20(21)22)10-15(14)17/h4-7,10,18H,3,8-9,11H2,1-2H3. The molecule has 1 N–H and O–H groups in total. The second kappa shape index (κ2) is 8.24. The summed E-state index contributed by atoms with van der Waals surface area (Å²) in [5.41, 5.74) is 0.851. The summed E-state index contributed by atoms with van der Waals surface area (Å²) in [5, 5.41) is 14.1. The van der Waals surface area contributed by atoms with Crippen LogP contribution in [-0.4, -0.2) is 37.0 Å². The number of hydrogen-bond acceptors (Lipinski definition) is 5. The Bertz CT molecular complexity index is 670. The highest BCUT2D eigenvalue weighted by atomic mass is 79.9. The van der Waals surface area contributed by atoms with Gasteiger partial charge in [-0.25, -0.2) is 0 Å². The smallest absolute Gasteiger partial charge is 0.270 e. The topological polar surface area (TPSA) is 71.5 Å². The number of hydrogen-bond donors (Lipinski definition) is 1. The number of nitrogens with one attached hydrogen (secondary N) is 1. The molecular formula is C16H20BrN3O3. The lowest BCUT2D eigenvalue weighted by atomic mass is 10.1. The first-order valence-corrected chi connectivity index (χ1v) is 8.15. The van der Waals surface area contributed by atoms with Crippen molar-refractivity contribution in [1.82, 2.24) is 10.2 Å². The van der Waals surface area contributed by atoms with Crippen LogP contribution in [0.25, 0.3) is 11.3 Å². The summed E-state index contributed by atoms with van der Waals surface area (Å²) >= 11 is 3.36.